The lowest BCUT2D eigenvalue weighted by atomic mass is 10.0. The largest absolute Gasteiger partial charge is 0.394 e. The number of rotatable bonds is 3. The van der Waals surface area contributed by atoms with Gasteiger partial charge in [0.15, 0.2) is 0 Å². The normalized spacial score (nSPS) is 21.2. The Morgan fingerprint density at radius 3 is 3.00 bits per heavy atom. The average molecular weight is 297 g/mol. The van der Waals surface area contributed by atoms with Crippen LogP contribution in [0.1, 0.15) is 24.2 Å². The average Bonchev–Trinajstić information content (AvgIpc) is 2.44. The standard InChI is InChI=1S/C14H20FN3O3/c1-14(2)8-18(6-10(7-19)21-14)13(20)11-4-9(15)5-17-12(11)16-3/h4-5,10,19H,6-8H2,1-3H3,(H,16,17). The Morgan fingerprint density at radius 2 is 2.38 bits per heavy atom. The summed E-state index contributed by atoms with van der Waals surface area (Å²) in [6.45, 7) is 4.14. The molecule has 2 heterocycles. The number of hydrogen-bond acceptors (Lipinski definition) is 5. The van der Waals surface area contributed by atoms with Crippen molar-refractivity contribution in [1.82, 2.24) is 9.88 Å². The van der Waals surface area contributed by atoms with Gasteiger partial charge in [0, 0.05) is 20.1 Å². The number of morpholine rings is 1. The predicted octanol–water partition coefficient (Wildman–Crippen LogP) is 0.874. The molecule has 21 heavy (non-hydrogen) atoms. The molecule has 1 aromatic heterocycles. The van der Waals surface area contributed by atoms with E-state index in [9.17, 15) is 14.3 Å². The summed E-state index contributed by atoms with van der Waals surface area (Å²) in [5.41, 5.74) is -0.395. The van der Waals surface area contributed by atoms with Crippen LogP contribution in [0.15, 0.2) is 12.3 Å². The van der Waals surface area contributed by atoms with Gasteiger partial charge in [-0.1, -0.05) is 0 Å². The minimum absolute atomic E-state index is 0.173. The van der Waals surface area contributed by atoms with E-state index in [1.54, 1.807) is 11.9 Å². The van der Waals surface area contributed by atoms with Gasteiger partial charge in [0.05, 0.1) is 30.1 Å². The number of halogens is 1. The number of nitrogens with one attached hydrogen (secondary N) is 1. The molecule has 0 aliphatic carbocycles. The van der Waals surface area contributed by atoms with Crippen molar-refractivity contribution in [1.29, 1.82) is 0 Å². The SMILES string of the molecule is CNc1ncc(F)cc1C(=O)N1CC(CO)OC(C)(C)C1. The number of nitrogens with zero attached hydrogens (tertiary/aromatic N) is 2. The highest BCUT2D eigenvalue weighted by Gasteiger charge is 2.36. The molecule has 116 valence electrons. The Kier molecular flexibility index (Phi) is 4.43. The van der Waals surface area contributed by atoms with Crippen LogP contribution in [0.25, 0.3) is 0 Å². The molecular weight excluding hydrogens is 277 g/mol. The lowest BCUT2D eigenvalue weighted by Crippen LogP contribution is -2.55. The first-order valence-corrected chi connectivity index (χ1v) is 6.77. The van der Waals surface area contributed by atoms with Crippen LogP contribution in [0.2, 0.25) is 0 Å². The van der Waals surface area contributed by atoms with Gasteiger partial charge < -0.3 is 20.1 Å². The third-order valence-corrected chi connectivity index (χ3v) is 3.29. The molecule has 1 aliphatic heterocycles. The fourth-order valence-corrected chi connectivity index (χ4v) is 2.52. The first kappa shape index (κ1) is 15.7. The van der Waals surface area contributed by atoms with Crippen LogP contribution in [0, 0.1) is 5.82 Å². The van der Waals surface area contributed by atoms with E-state index in [1.165, 1.54) is 0 Å². The zero-order chi connectivity index (χ0) is 15.6. The third-order valence-electron chi connectivity index (χ3n) is 3.29. The van der Waals surface area contributed by atoms with Crippen molar-refractivity contribution in [2.24, 2.45) is 0 Å². The Hall–Kier alpha value is -1.73. The number of aromatic nitrogens is 1. The summed E-state index contributed by atoms with van der Waals surface area (Å²) >= 11 is 0. The van der Waals surface area contributed by atoms with E-state index < -0.39 is 17.5 Å². The van der Waals surface area contributed by atoms with Gasteiger partial charge >= 0.3 is 0 Å². The second-order valence-electron chi connectivity index (χ2n) is 5.67. The number of carbonyl (C=O) groups is 1. The Balaban J connectivity index is 2.28. The molecule has 1 unspecified atom stereocenters. The quantitative estimate of drug-likeness (QED) is 0.866. The summed E-state index contributed by atoms with van der Waals surface area (Å²) in [6, 6.07) is 1.16. The lowest BCUT2D eigenvalue weighted by Gasteiger charge is -2.42. The summed E-state index contributed by atoms with van der Waals surface area (Å²) < 4.78 is 19.1. The van der Waals surface area contributed by atoms with Gasteiger partial charge in [0.25, 0.3) is 5.91 Å². The number of ether oxygens (including phenoxy) is 1. The van der Waals surface area contributed by atoms with E-state index in [2.05, 4.69) is 10.3 Å². The minimum Gasteiger partial charge on any atom is -0.394 e. The highest BCUT2D eigenvalue weighted by Crippen LogP contribution is 2.24. The molecule has 0 radical (unpaired) electrons. The van der Waals surface area contributed by atoms with Gasteiger partial charge in [-0.05, 0) is 19.9 Å². The molecule has 0 spiro atoms. The molecule has 1 aliphatic rings. The van der Waals surface area contributed by atoms with Crippen molar-refractivity contribution in [3.05, 3.63) is 23.6 Å². The Morgan fingerprint density at radius 1 is 1.67 bits per heavy atom. The first-order valence-electron chi connectivity index (χ1n) is 6.77. The molecule has 2 rings (SSSR count). The van der Waals surface area contributed by atoms with Crippen molar-refractivity contribution in [2.75, 3.05) is 32.1 Å². The molecule has 0 aromatic carbocycles. The highest BCUT2D eigenvalue weighted by atomic mass is 19.1. The number of aliphatic hydroxyl groups excluding tert-OH is 1. The van der Waals surface area contributed by atoms with E-state index in [0.717, 1.165) is 12.3 Å². The van der Waals surface area contributed by atoms with Crippen LogP contribution in [-0.4, -0.2) is 59.3 Å². The van der Waals surface area contributed by atoms with Crippen molar-refractivity contribution in [2.45, 2.75) is 25.6 Å². The summed E-state index contributed by atoms with van der Waals surface area (Å²) in [5.74, 6) is -0.573. The maximum atomic E-state index is 13.4. The second-order valence-corrected chi connectivity index (χ2v) is 5.67. The van der Waals surface area contributed by atoms with Gasteiger partial charge in [0.2, 0.25) is 0 Å². The summed E-state index contributed by atoms with van der Waals surface area (Å²) in [4.78, 5) is 18.1. The number of amides is 1. The maximum Gasteiger partial charge on any atom is 0.257 e. The number of carbonyl (C=O) groups excluding carboxylic acids is 1. The van der Waals surface area contributed by atoms with Crippen molar-refractivity contribution in [3.63, 3.8) is 0 Å². The van der Waals surface area contributed by atoms with E-state index in [1.807, 2.05) is 13.8 Å². The fraction of sp³-hybridized carbons (Fsp3) is 0.571. The molecule has 1 atom stereocenters. The first-order chi connectivity index (χ1) is 9.86. The van der Waals surface area contributed by atoms with E-state index in [4.69, 9.17) is 4.74 Å². The molecule has 1 fully saturated rings. The van der Waals surface area contributed by atoms with E-state index >= 15 is 0 Å². The Labute approximate surface area is 122 Å². The predicted molar refractivity (Wildman–Crippen MR) is 75.7 cm³/mol. The number of pyridine rings is 1. The van der Waals surface area contributed by atoms with Crippen LogP contribution >= 0.6 is 0 Å². The molecule has 0 bridgehead atoms. The minimum atomic E-state index is -0.568. The number of hydrogen-bond donors (Lipinski definition) is 2. The summed E-state index contributed by atoms with van der Waals surface area (Å²) in [7, 11) is 1.62. The maximum absolute atomic E-state index is 13.4. The molecule has 0 saturated carbocycles. The van der Waals surface area contributed by atoms with Gasteiger partial charge in [0.1, 0.15) is 11.6 Å². The van der Waals surface area contributed by atoms with E-state index in [0.29, 0.717) is 12.4 Å². The molecule has 1 saturated heterocycles. The smallest absolute Gasteiger partial charge is 0.257 e. The fourth-order valence-electron chi connectivity index (χ4n) is 2.52. The topological polar surface area (TPSA) is 74.7 Å². The molecule has 7 heteroatoms. The van der Waals surface area contributed by atoms with Crippen LogP contribution in [0.4, 0.5) is 10.2 Å². The monoisotopic (exact) mass is 297 g/mol. The zero-order valence-corrected chi connectivity index (χ0v) is 12.4. The third kappa shape index (κ3) is 3.48. The van der Waals surface area contributed by atoms with Crippen LogP contribution in [-0.2, 0) is 4.74 Å². The molecule has 1 aromatic rings. The summed E-state index contributed by atoms with van der Waals surface area (Å²) in [5, 5.41) is 12.1. The molecule has 6 nitrogen and oxygen atoms in total. The number of aliphatic hydroxyl groups is 1. The van der Waals surface area contributed by atoms with Gasteiger partial charge in [-0.3, -0.25) is 4.79 Å². The van der Waals surface area contributed by atoms with E-state index in [-0.39, 0.29) is 24.6 Å². The lowest BCUT2D eigenvalue weighted by molar-refractivity contribution is -0.139. The van der Waals surface area contributed by atoms with Crippen LogP contribution < -0.4 is 5.32 Å². The van der Waals surface area contributed by atoms with Gasteiger partial charge in [-0.25, -0.2) is 9.37 Å². The molecule has 1 amide bonds. The summed E-state index contributed by atoms with van der Waals surface area (Å²) in [6.07, 6.45) is 0.611. The van der Waals surface area contributed by atoms with Crippen molar-refractivity contribution < 1.29 is 19.0 Å². The number of anilines is 1. The second kappa shape index (κ2) is 5.95. The molecule has 2 N–H and O–H groups in total. The van der Waals surface area contributed by atoms with Crippen molar-refractivity contribution in [3.8, 4) is 0 Å². The zero-order valence-electron chi connectivity index (χ0n) is 12.4. The van der Waals surface area contributed by atoms with Gasteiger partial charge in [-0.15, -0.1) is 0 Å². The molecular formula is C14H20FN3O3. The highest BCUT2D eigenvalue weighted by molar-refractivity contribution is 5.98. The van der Waals surface area contributed by atoms with Crippen LogP contribution in [0.3, 0.4) is 0 Å². The Bertz CT molecular complexity index is 536. The van der Waals surface area contributed by atoms with Gasteiger partial charge in [-0.2, -0.15) is 0 Å². The van der Waals surface area contributed by atoms with Crippen molar-refractivity contribution >= 4 is 11.7 Å². The van der Waals surface area contributed by atoms with Crippen LogP contribution in [0.5, 0.6) is 0 Å².